The van der Waals surface area contributed by atoms with Gasteiger partial charge in [-0.15, -0.1) is 0 Å². The highest BCUT2D eigenvalue weighted by Crippen LogP contribution is 2.15. The van der Waals surface area contributed by atoms with Crippen molar-refractivity contribution in [3.05, 3.63) is 72.1 Å². The first-order valence-electron chi connectivity index (χ1n) is 6.72. The van der Waals surface area contributed by atoms with Gasteiger partial charge in [-0.1, -0.05) is 71.0 Å². The van der Waals surface area contributed by atoms with E-state index < -0.39 is 0 Å². The van der Waals surface area contributed by atoms with Crippen molar-refractivity contribution in [1.29, 1.82) is 0 Å². The molecule has 0 saturated heterocycles. The lowest BCUT2D eigenvalue weighted by Gasteiger charge is -1.99. The van der Waals surface area contributed by atoms with E-state index in [4.69, 9.17) is 15.1 Å². The largest absolute Gasteiger partial charge is 0.384 e. The van der Waals surface area contributed by atoms with Crippen LogP contribution in [0.25, 0.3) is 11.4 Å². The van der Waals surface area contributed by atoms with Gasteiger partial charge in [-0.2, -0.15) is 4.98 Å². The minimum absolute atomic E-state index is 0.0629. The van der Waals surface area contributed by atoms with Gasteiger partial charge < -0.3 is 15.1 Å². The Hall–Kier alpha value is -3.15. The second-order valence-corrected chi connectivity index (χ2v) is 4.49. The van der Waals surface area contributed by atoms with Crippen molar-refractivity contribution in [2.45, 2.75) is 6.61 Å². The number of aromatic nitrogens is 2. The molecule has 6 nitrogen and oxygen atoms in total. The molecule has 0 aliphatic rings. The first-order chi connectivity index (χ1) is 10.8. The lowest BCUT2D eigenvalue weighted by Crippen LogP contribution is -2.13. The predicted octanol–water partition coefficient (Wildman–Crippen LogP) is 2.57. The monoisotopic (exact) mass is 294 g/mol. The summed E-state index contributed by atoms with van der Waals surface area (Å²) in [7, 11) is 0. The molecule has 22 heavy (non-hydrogen) atoms. The summed E-state index contributed by atoms with van der Waals surface area (Å²) < 4.78 is 5.11. The van der Waals surface area contributed by atoms with Crippen LogP contribution in [0.1, 0.15) is 11.5 Å². The fourth-order valence-electron chi connectivity index (χ4n) is 1.84. The van der Waals surface area contributed by atoms with Crippen molar-refractivity contribution in [3.8, 4) is 11.4 Å². The third-order valence-electron chi connectivity index (χ3n) is 2.92. The van der Waals surface area contributed by atoms with E-state index >= 15 is 0 Å². The van der Waals surface area contributed by atoms with Crippen LogP contribution in [0, 0.1) is 0 Å². The Bertz CT molecular complexity index is 754. The van der Waals surface area contributed by atoms with Crippen LogP contribution in [-0.2, 0) is 11.4 Å². The highest BCUT2D eigenvalue weighted by molar-refractivity contribution is 5.96. The van der Waals surface area contributed by atoms with Gasteiger partial charge in [0, 0.05) is 11.1 Å². The van der Waals surface area contributed by atoms with Gasteiger partial charge in [0.25, 0.3) is 5.89 Å². The van der Waals surface area contributed by atoms with Crippen LogP contribution >= 0.6 is 0 Å². The van der Waals surface area contributed by atoms with Gasteiger partial charge in [0.15, 0.2) is 12.4 Å². The number of hydrogen-bond donors (Lipinski definition) is 1. The van der Waals surface area contributed by atoms with Crippen LogP contribution in [0.5, 0.6) is 0 Å². The Morgan fingerprint density at radius 2 is 1.73 bits per heavy atom. The average molecular weight is 294 g/mol. The van der Waals surface area contributed by atoms with E-state index in [9.17, 15) is 0 Å². The summed E-state index contributed by atoms with van der Waals surface area (Å²) in [6.07, 6.45) is 0. The number of hydrogen-bond acceptors (Lipinski definition) is 5. The van der Waals surface area contributed by atoms with E-state index in [1.807, 2.05) is 60.7 Å². The summed E-state index contributed by atoms with van der Waals surface area (Å²) in [5.41, 5.74) is 7.48. The molecule has 0 fully saturated rings. The maximum Gasteiger partial charge on any atom is 0.267 e. The lowest BCUT2D eigenvalue weighted by molar-refractivity contribution is 0.105. The van der Waals surface area contributed by atoms with Crippen molar-refractivity contribution in [2.75, 3.05) is 0 Å². The number of nitrogens with zero attached hydrogens (tertiary/aromatic N) is 3. The van der Waals surface area contributed by atoms with E-state index in [2.05, 4.69) is 15.3 Å². The van der Waals surface area contributed by atoms with Crippen molar-refractivity contribution in [3.63, 3.8) is 0 Å². The molecule has 0 aliphatic heterocycles. The molecule has 0 bridgehead atoms. The van der Waals surface area contributed by atoms with Crippen LogP contribution in [0.2, 0.25) is 0 Å². The second kappa shape index (κ2) is 6.53. The SMILES string of the molecule is N/C(=N/OCc1nc(-c2ccccc2)no1)c1ccccc1. The van der Waals surface area contributed by atoms with Crippen molar-refractivity contribution in [1.82, 2.24) is 10.1 Å². The third-order valence-corrected chi connectivity index (χ3v) is 2.92. The summed E-state index contributed by atoms with van der Waals surface area (Å²) in [6.45, 7) is 0.0629. The molecular formula is C16H14N4O2. The normalized spacial score (nSPS) is 11.4. The quantitative estimate of drug-likeness (QED) is 0.444. The van der Waals surface area contributed by atoms with Crippen LogP contribution in [0.4, 0.5) is 0 Å². The number of oxime groups is 1. The molecule has 0 unspecified atom stereocenters. The van der Waals surface area contributed by atoms with Crippen molar-refractivity contribution >= 4 is 5.84 Å². The highest BCUT2D eigenvalue weighted by Gasteiger charge is 2.08. The smallest absolute Gasteiger partial charge is 0.267 e. The summed E-state index contributed by atoms with van der Waals surface area (Å²) in [5, 5.41) is 7.73. The maximum atomic E-state index is 5.81. The molecule has 3 rings (SSSR count). The Labute approximate surface area is 127 Å². The van der Waals surface area contributed by atoms with E-state index in [1.54, 1.807) is 0 Å². The topological polar surface area (TPSA) is 86.5 Å². The molecule has 1 aromatic heterocycles. The molecule has 110 valence electrons. The fourth-order valence-corrected chi connectivity index (χ4v) is 1.84. The van der Waals surface area contributed by atoms with Gasteiger partial charge in [-0.3, -0.25) is 0 Å². The average Bonchev–Trinajstić information content (AvgIpc) is 3.05. The third kappa shape index (κ3) is 3.29. The minimum Gasteiger partial charge on any atom is -0.384 e. The molecule has 2 N–H and O–H groups in total. The Morgan fingerprint density at radius 1 is 1.05 bits per heavy atom. The minimum atomic E-state index is 0.0629. The van der Waals surface area contributed by atoms with Gasteiger partial charge in [0.05, 0.1) is 0 Å². The summed E-state index contributed by atoms with van der Waals surface area (Å²) >= 11 is 0. The molecule has 0 atom stereocenters. The molecule has 0 amide bonds. The summed E-state index contributed by atoms with van der Waals surface area (Å²) in [6, 6.07) is 18.9. The molecule has 0 aliphatic carbocycles. The maximum absolute atomic E-state index is 5.81. The zero-order valence-electron chi connectivity index (χ0n) is 11.7. The van der Waals surface area contributed by atoms with Crippen LogP contribution < -0.4 is 5.73 Å². The molecular weight excluding hydrogens is 280 g/mol. The molecule has 2 aromatic carbocycles. The fraction of sp³-hybridized carbons (Fsp3) is 0.0625. The first kappa shape index (κ1) is 13.8. The zero-order chi connectivity index (χ0) is 15.2. The standard InChI is InChI=1S/C16H14N4O2/c17-15(12-7-3-1-4-8-12)19-21-11-14-18-16(20-22-14)13-9-5-2-6-10-13/h1-10H,11H2,(H2,17,19). The number of rotatable bonds is 5. The van der Waals surface area contributed by atoms with Gasteiger partial charge in [-0.25, -0.2) is 0 Å². The number of benzene rings is 2. The summed E-state index contributed by atoms with van der Waals surface area (Å²) in [5.74, 6) is 1.14. The van der Waals surface area contributed by atoms with Crippen LogP contribution in [0.3, 0.4) is 0 Å². The summed E-state index contributed by atoms with van der Waals surface area (Å²) in [4.78, 5) is 9.39. The van der Waals surface area contributed by atoms with E-state index in [-0.39, 0.29) is 6.61 Å². The van der Waals surface area contributed by atoms with E-state index in [0.717, 1.165) is 11.1 Å². The molecule has 0 saturated carbocycles. The number of amidine groups is 1. The Kier molecular flexibility index (Phi) is 4.10. The van der Waals surface area contributed by atoms with E-state index in [1.165, 1.54) is 0 Å². The predicted molar refractivity (Wildman–Crippen MR) is 81.7 cm³/mol. The molecule has 6 heteroatoms. The van der Waals surface area contributed by atoms with Crippen LogP contribution in [-0.4, -0.2) is 16.0 Å². The Morgan fingerprint density at radius 3 is 2.45 bits per heavy atom. The van der Waals surface area contributed by atoms with Crippen LogP contribution in [0.15, 0.2) is 70.3 Å². The van der Waals surface area contributed by atoms with Gasteiger partial charge >= 0.3 is 0 Å². The lowest BCUT2D eigenvalue weighted by atomic mass is 10.2. The second-order valence-electron chi connectivity index (χ2n) is 4.49. The zero-order valence-corrected chi connectivity index (χ0v) is 11.7. The van der Waals surface area contributed by atoms with Gasteiger partial charge in [0.1, 0.15) is 0 Å². The highest BCUT2D eigenvalue weighted by atomic mass is 16.6. The molecule has 0 radical (unpaired) electrons. The number of nitrogens with two attached hydrogens (primary N) is 1. The van der Waals surface area contributed by atoms with Gasteiger partial charge in [0.2, 0.25) is 5.82 Å². The first-order valence-corrected chi connectivity index (χ1v) is 6.72. The molecule has 0 spiro atoms. The molecule has 3 aromatic rings. The molecule has 1 heterocycles. The van der Waals surface area contributed by atoms with E-state index in [0.29, 0.717) is 17.6 Å². The Balaban J connectivity index is 1.62. The van der Waals surface area contributed by atoms with Crippen molar-refractivity contribution < 1.29 is 9.36 Å². The van der Waals surface area contributed by atoms with Gasteiger partial charge in [-0.05, 0) is 0 Å². The van der Waals surface area contributed by atoms with Crippen molar-refractivity contribution in [2.24, 2.45) is 10.9 Å².